The second-order valence-electron chi connectivity index (χ2n) is 3.44. The summed E-state index contributed by atoms with van der Waals surface area (Å²) in [6, 6.07) is 6.31. The quantitative estimate of drug-likeness (QED) is 0.595. The number of benzene rings is 1. The average Bonchev–Trinajstić information content (AvgIpc) is 2.29. The minimum absolute atomic E-state index is 0.00338. The fourth-order valence-electron chi connectivity index (χ4n) is 1.38. The molecule has 1 aromatic carbocycles. The van der Waals surface area contributed by atoms with Gasteiger partial charge in [-0.25, -0.2) is 4.79 Å². The number of hydrogen-bond acceptors (Lipinski definition) is 4. The molecule has 92 valence electrons. The fourth-order valence-corrected chi connectivity index (χ4v) is 1.38. The van der Waals surface area contributed by atoms with E-state index >= 15 is 0 Å². The summed E-state index contributed by atoms with van der Waals surface area (Å²) in [5.74, 6) is 0. The number of rotatable bonds is 4. The zero-order valence-electron chi connectivity index (χ0n) is 9.75. The first-order valence-electron chi connectivity index (χ1n) is 5.16. The Kier molecular flexibility index (Phi) is 4.45. The lowest BCUT2D eigenvalue weighted by Gasteiger charge is -2.16. The van der Waals surface area contributed by atoms with E-state index in [1.165, 1.54) is 18.0 Å². The molecule has 0 aliphatic heterocycles. The van der Waals surface area contributed by atoms with Crippen molar-refractivity contribution in [3.63, 3.8) is 0 Å². The molecule has 0 spiro atoms. The molecule has 6 heteroatoms. The molecule has 0 heterocycles. The van der Waals surface area contributed by atoms with Gasteiger partial charge in [-0.2, -0.15) is 0 Å². The van der Waals surface area contributed by atoms with Gasteiger partial charge in [-0.3, -0.25) is 10.1 Å². The molecule has 0 N–H and O–H groups in total. The van der Waals surface area contributed by atoms with Crippen LogP contribution in [-0.2, 0) is 11.3 Å². The van der Waals surface area contributed by atoms with Gasteiger partial charge in [0.15, 0.2) is 0 Å². The second kappa shape index (κ2) is 5.83. The van der Waals surface area contributed by atoms with Crippen molar-refractivity contribution in [2.45, 2.75) is 13.5 Å². The third-order valence-electron chi connectivity index (χ3n) is 2.18. The van der Waals surface area contributed by atoms with Crippen LogP contribution in [0.25, 0.3) is 0 Å². The van der Waals surface area contributed by atoms with E-state index in [1.807, 2.05) is 0 Å². The van der Waals surface area contributed by atoms with Crippen LogP contribution in [0.1, 0.15) is 12.5 Å². The van der Waals surface area contributed by atoms with E-state index < -0.39 is 11.0 Å². The highest BCUT2D eigenvalue weighted by Gasteiger charge is 2.17. The molecule has 0 aliphatic carbocycles. The average molecular weight is 238 g/mol. The molecule has 0 radical (unpaired) electrons. The molecule has 0 saturated heterocycles. The summed E-state index contributed by atoms with van der Waals surface area (Å²) in [5.41, 5.74) is 0.483. The van der Waals surface area contributed by atoms with Crippen molar-refractivity contribution in [1.82, 2.24) is 4.90 Å². The van der Waals surface area contributed by atoms with Gasteiger partial charge in [-0.1, -0.05) is 18.2 Å². The second-order valence-corrected chi connectivity index (χ2v) is 3.44. The Labute approximate surface area is 98.9 Å². The monoisotopic (exact) mass is 238 g/mol. The van der Waals surface area contributed by atoms with Gasteiger partial charge in [0.1, 0.15) is 0 Å². The van der Waals surface area contributed by atoms with Crippen molar-refractivity contribution in [2.24, 2.45) is 0 Å². The highest BCUT2D eigenvalue weighted by atomic mass is 16.6. The van der Waals surface area contributed by atoms with Crippen LogP contribution in [0.4, 0.5) is 10.5 Å². The number of ether oxygens (including phenoxy) is 1. The van der Waals surface area contributed by atoms with Gasteiger partial charge in [0, 0.05) is 18.7 Å². The first kappa shape index (κ1) is 13.0. The summed E-state index contributed by atoms with van der Waals surface area (Å²) in [6.45, 7) is 2.13. The molecule has 1 aromatic rings. The van der Waals surface area contributed by atoms with Crippen molar-refractivity contribution in [1.29, 1.82) is 0 Å². The van der Waals surface area contributed by atoms with Gasteiger partial charge in [0.2, 0.25) is 0 Å². The number of amides is 1. The Morgan fingerprint density at radius 2 is 2.12 bits per heavy atom. The van der Waals surface area contributed by atoms with Gasteiger partial charge in [0.25, 0.3) is 5.69 Å². The van der Waals surface area contributed by atoms with Crippen LogP contribution >= 0.6 is 0 Å². The van der Waals surface area contributed by atoms with Crippen LogP contribution in [0.3, 0.4) is 0 Å². The van der Waals surface area contributed by atoms with Gasteiger partial charge in [-0.15, -0.1) is 0 Å². The van der Waals surface area contributed by atoms with Crippen LogP contribution in [0.2, 0.25) is 0 Å². The van der Waals surface area contributed by atoms with E-state index in [0.29, 0.717) is 5.56 Å². The summed E-state index contributed by atoms with van der Waals surface area (Å²) in [7, 11) is 1.54. The zero-order valence-corrected chi connectivity index (χ0v) is 9.75. The number of nitro benzene ring substituents is 1. The van der Waals surface area contributed by atoms with Gasteiger partial charge in [-0.05, 0) is 6.92 Å². The number of carbonyl (C=O) groups is 1. The lowest BCUT2D eigenvalue weighted by Crippen LogP contribution is -2.27. The first-order chi connectivity index (χ1) is 8.06. The Morgan fingerprint density at radius 1 is 1.47 bits per heavy atom. The molecule has 0 atom stereocenters. The van der Waals surface area contributed by atoms with Crippen LogP contribution in [0, 0.1) is 10.1 Å². The maximum absolute atomic E-state index is 11.4. The van der Waals surface area contributed by atoms with E-state index in [9.17, 15) is 14.9 Å². The number of hydrogen-bond donors (Lipinski definition) is 0. The number of para-hydroxylation sites is 1. The predicted octanol–water partition coefficient (Wildman–Crippen LogP) is 2.18. The molecule has 0 unspecified atom stereocenters. The summed E-state index contributed by atoms with van der Waals surface area (Å²) < 4.78 is 4.79. The molecule has 6 nitrogen and oxygen atoms in total. The van der Waals surface area contributed by atoms with E-state index in [2.05, 4.69) is 0 Å². The van der Waals surface area contributed by atoms with Crippen molar-refractivity contribution in [3.8, 4) is 0 Å². The molecule has 0 aliphatic rings. The van der Waals surface area contributed by atoms with Gasteiger partial charge < -0.3 is 9.64 Å². The molecule has 0 saturated carbocycles. The van der Waals surface area contributed by atoms with E-state index in [1.54, 1.807) is 25.1 Å². The molecular formula is C11H14N2O4. The predicted molar refractivity (Wildman–Crippen MR) is 61.6 cm³/mol. The summed E-state index contributed by atoms with van der Waals surface area (Å²) in [4.78, 5) is 23.0. The van der Waals surface area contributed by atoms with Crippen LogP contribution < -0.4 is 0 Å². The molecular weight excluding hydrogens is 224 g/mol. The fraction of sp³-hybridized carbons (Fsp3) is 0.364. The Balaban J connectivity index is 2.81. The SMILES string of the molecule is CCOC(=O)N(C)Cc1ccccc1[N+](=O)[O-]. The summed E-state index contributed by atoms with van der Waals surface area (Å²) in [6.07, 6.45) is -0.495. The third kappa shape index (κ3) is 3.44. The highest BCUT2D eigenvalue weighted by molar-refractivity contribution is 5.67. The van der Waals surface area contributed by atoms with E-state index in [0.717, 1.165) is 0 Å². The van der Waals surface area contributed by atoms with Gasteiger partial charge >= 0.3 is 6.09 Å². The maximum atomic E-state index is 11.4. The highest BCUT2D eigenvalue weighted by Crippen LogP contribution is 2.19. The Bertz CT molecular complexity index is 420. The lowest BCUT2D eigenvalue weighted by molar-refractivity contribution is -0.385. The van der Waals surface area contributed by atoms with Crippen LogP contribution in [0.15, 0.2) is 24.3 Å². The summed E-state index contributed by atoms with van der Waals surface area (Å²) in [5, 5.41) is 10.8. The van der Waals surface area contributed by atoms with Crippen LogP contribution in [-0.4, -0.2) is 29.6 Å². The Morgan fingerprint density at radius 3 is 2.71 bits per heavy atom. The smallest absolute Gasteiger partial charge is 0.409 e. The molecule has 0 aromatic heterocycles. The lowest BCUT2D eigenvalue weighted by atomic mass is 10.2. The van der Waals surface area contributed by atoms with Crippen molar-refractivity contribution in [2.75, 3.05) is 13.7 Å². The molecule has 1 rings (SSSR count). The molecule has 17 heavy (non-hydrogen) atoms. The van der Waals surface area contributed by atoms with Crippen molar-refractivity contribution < 1.29 is 14.5 Å². The first-order valence-corrected chi connectivity index (χ1v) is 5.16. The van der Waals surface area contributed by atoms with Crippen molar-refractivity contribution >= 4 is 11.8 Å². The minimum Gasteiger partial charge on any atom is -0.450 e. The molecule has 1 amide bonds. The number of nitrogens with zero attached hydrogens (tertiary/aromatic N) is 2. The largest absolute Gasteiger partial charge is 0.450 e. The van der Waals surface area contributed by atoms with E-state index in [4.69, 9.17) is 4.74 Å². The maximum Gasteiger partial charge on any atom is 0.409 e. The summed E-state index contributed by atoms with van der Waals surface area (Å²) >= 11 is 0. The topological polar surface area (TPSA) is 72.7 Å². The van der Waals surface area contributed by atoms with Crippen molar-refractivity contribution in [3.05, 3.63) is 39.9 Å². The minimum atomic E-state index is -0.495. The molecule has 0 fully saturated rings. The van der Waals surface area contributed by atoms with Gasteiger partial charge in [0.05, 0.1) is 18.1 Å². The van der Waals surface area contributed by atoms with Crippen LogP contribution in [0.5, 0.6) is 0 Å². The van der Waals surface area contributed by atoms with E-state index in [-0.39, 0.29) is 18.8 Å². The number of carbonyl (C=O) groups excluding carboxylic acids is 1. The number of nitro groups is 1. The normalized spacial score (nSPS) is 9.76. The third-order valence-corrected chi connectivity index (χ3v) is 2.18. The Hall–Kier alpha value is -2.11. The zero-order chi connectivity index (χ0) is 12.8. The standard InChI is InChI=1S/C11H14N2O4/c1-3-17-11(14)12(2)8-9-6-4-5-7-10(9)13(15)16/h4-7H,3,8H2,1-2H3. The molecule has 0 bridgehead atoms.